The Balaban J connectivity index is 2.55. The summed E-state index contributed by atoms with van der Waals surface area (Å²) in [4.78, 5) is 12.4. The number of aromatic nitrogens is 3. The van der Waals surface area contributed by atoms with Crippen LogP contribution < -0.4 is 4.74 Å². The van der Waals surface area contributed by atoms with Gasteiger partial charge < -0.3 is 4.74 Å². The van der Waals surface area contributed by atoms with Gasteiger partial charge in [-0.2, -0.15) is 0 Å². The van der Waals surface area contributed by atoms with Crippen molar-refractivity contribution in [1.82, 2.24) is 15.0 Å². The lowest BCUT2D eigenvalue weighted by molar-refractivity contribution is 0.413. The second kappa shape index (κ2) is 5.10. The fraction of sp³-hybridized carbons (Fsp3) is 0.250. The van der Waals surface area contributed by atoms with Crippen molar-refractivity contribution in [3.63, 3.8) is 0 Å². The number of hydrogen-bond acceptors (Lipinski definition) is 4. The van der Waals surface area contributed by atoms with Crippen molar-refractivity contribution in [1.29, 1.82) is 0 Å². The predicted octanol–water partition coefficient (Wildman–Crippen LogP) is 2.76. The normalized spacial score (nSPS) is 10.3. The van der Waals surface area contributed by atoms with Crippen LogP contribution in [0.4, 0.5) is 0 Å². The summed E-state index contributed by atoms with van der Waals surface area (Å²) in [6.07, 6.45) is 5.61. The molecule has 0 saturated heterocycles. The maximum atomic E-state index is 6.05. The minimum Gasteiger partial charge on any atom is -0.495 e. The Morgan fingerprint density at radius 1 is 1.29 bits per heavy atom. The summed E-state index contributed by atoms with van der Waals surface area (Å²) in [7, 11) is 1.61. The number of ether oxygens (including phenoxy) is 1. The number of rotatable bonds is 3. The van der Waals surface area contributed by atoms with E-state index in [2.05, 4.69) is 15.0 Å². The van der Waals surface area contributed by atoms with Gasteiger partial charge in [0, 0.05) is 17.3 Å². The molecule has 2 aromatic heterocycles. The molecule has 4 nitrogen and oxygen atoms in total. The van der Waals surface area contributed by atoms with E-state index in [1.807, 2.05) is 13.0 Å². The summed E-state index contributed by atoms with van der Waals surface area (Å²) in [5, 5.41) is 0.486. The Bertz CT molecular complexity index is 531. The molecule has 0 aliphatic rings. The smallest absolute Gasteiger partial charge is 0.137 e. The van der Waals surface area contributed by atoms with Gasteiger partial charge in [0.2, 0.25) is 0 Å². The molecule has 0 unspecified atom stereocenters. The van der Waals surface area contributed by atoms with Gasteiger partial charge >= 0.3 is 0 Å². The van der Waals surface area contributed by atoms with Crippen LogP contribution in [0.1, 0.15) is 12.5 Å². The van der Waals surface area contributed by atoms with E-state index in [4.69, 9.17) is 16.3 Å². The van der Waals surface area contributed by atoms with Crippen molar-refractivity contribution >= 4 is 11.6 Å². The van der Waals surface area contributed by atoms with Gasteiger partial charge in [0.1, 0.15) is 17.2 Å². The van der Waals surface area contributed by atoms with Crippen LogP contribution in [0.25, 0.3) is 11.3 Å². The van der Waals surface area contributed by atoms with Crippen molar-refractivity contribution in [2.24, 2.45) is 0 Å². The van der Waals surface area contributed by atoms with E-state index in [0.29, 0.717) is 10.9 Å². The second-order valence-corrected chi connectivity index (χ2v) is 3.82. The lowest BCUT2D eigenvalue weighted by Gasteiger charge is -2.08. The van der Waals surface area contributed by atoms with Crippen molar-refractivity contribution in [2.75, 3.05) is 7.11 Å². The third kappa shape index (κ3) is 2.36. The summed E-state index contributed by atoms with van der Waals surface area (Å²) < 4.78 is 5.14. The molecule has 0 radical (unpaired) electrons. The number of pyridine rings is 1. The molecule has 0 atom stereocenters. The fourth-order valence-electron chi connectivity index (χ4n) is 1.61. The zero-order chi connectivity index (χ0) is 12.3. The number of nitrogens with zero attached hydrogens (tertiary/aromatic N) is 3. The van der Waals surface area contributed by atoms with Crippen LogP contribution >= 0.6 is 11.6 Å². The average Bonchev–Trinajstić information content (AvgIpc) is 2.38. The molecule has 17 heavy (non-hydrogen) atoms. The molecule has 0 bridgehead atoms. The lowest BCUT2D eigenvalue weighted by atomic mass is 10.1. The van der Waals surface area contributed by atoms with Gasteiger partial charge in [-0.05, 0) is 12.5 Å². The Kier molecular flexibility index (Phi) is 3.54. The first kappa shape index (κ1) is 11.8. The van der Waals surface area contributed by atoms with E-state index in [9.17, 15) is 0 Å². The Hall–Kier alpha value is -1.68. The topological polar surface area (TPSA) is 47.9 Å². The van der Waals surface area contributed by atoms with Gasteiger partial charge in [0.25, 0.3) is 0 Å². The van der Waals surface area contributed by atoms with Crippen LogP contribution in [0.15, 0.2) is 24.8 Å². The molecule has 0 N–H and O–H groups in total. The van der Waals surface area contributed by atoms with E-state index in [-0.39, 0.29) is 0 Å². The van der Waals surface area contributed by atoms with Gasteiger partial charge in [-0.25, -0.2) is 9.97 Å². The van der Waals surface area contributed by atoms with Gasteiger partial charge in [0.15, 0.2) is 0 Å². The number of hydrogen-bond donors (Lipinski definition) is 0. The molecule has 0 aliphatic heterocycles. The Morgan fingerprint density at radius 2 is 2.12 bits per heavy atom. The highest BCUT2D eigenvalue weighted by atomic mass is 35.5. The van der Waals surface area contributed by atoms with Crippen molar-refractivity contribution in [2.45, 2.75) is 13.3 Å². The van der Waals surface area contributed by atoms with Crippen LogP contribution in [0.5, 0.6) is 5.75 Å². The fourth-order valence-corrected chi connectivity index (χ4v) is 1.88. The summed E-state index contributed by atoms with van der Waals surface area (Å²) in [5.74, 6) is 0.694. The predicted molar refractivity (Wildman–Crippen MR) is 66.2 cm³/mol. The molecule has 0 spiro atoms. The van der Waals surface area contributed by atoms with Gasteiger partial charge in [-0.15, -0.1) is 0 Å². The van der Waals surface area contributed by atoms with Crippen LogP contribution in [-0.2, 0) is 6.42 Å². The second-order valence-electron chi connectivity index (χ2n) is 3.46. The van der Waals surface area contributed by atoms with Gasteiger partial charge in [0.05, 0.1) is 19.0 Å². The maximum Gasteiger partial charge on any atom is 0.137 e. The minimum atomic E-state index is 0.486. The van der Waals surface area contributed by atoms with Crippen molar-refractivity contribution in [3.8, 4) is 17.0 Å². The van der Waals surface area contributed by atoms with E-state index in [0.717, 1.165) is 23.2 Å². The average molecular weight is 250 g/mol. The molecule has 0 aromatic carbocycles. The van der Waals surface area contributed by atoms with Crippen LogP contribution in [-0.4, -0.2) is 22.1 Å². The third-order valence-electron chi connectivity index (χ3n) is 2.47. The van der Waals surface area contributed by atoms with Gasteiger partial charge in [-0.3, -0.25) is 4.98 Å². The molecule has 0 saturated carbocycles. The highest BCUT2D eigenvalue weighted by Crippen LogP contribution is 2.27. The van der Waals surface area contributed by atoms with Crippen LogP contribution in [0, 0.1) is 0 Å². The van der Waals surface area contributed by atoms with Crippen molar-refractivity contribution in [3.05, 3.63) is 35.5 Å². The Morgan fingerprint density at radius 3 is 2.82 bits per heavy atom. The summed E-state index contributed by atoms with van der Waals surface area (Å²) in [6.45, 7) is 2.02. The molecule has 2 rings (SSSR count). The van der Waals surface area contributed by atoms with E-state index in [1.165, 1.54) is 6.33 Å². The highest BCUT2D eigenvalue weighted by Gasteiger charge is 2.10. The summed E-state index contributed by atoms with van der Waals surface area (Å²) in [6, 6.07) is 1.88. The number of halogens is 1. The zero-order valence-electron chi connectivity index (χ0n) is 9.64. The quantitative estimate of drug-likeness (QED) is 0.785. The molecule has 88 valence electrons. The SMILES string of the molecule is CCc1c(Cl)ncnc1-c1cncc(OC)c1. The molecule has 0 fully saturated rings. The maximum absolute atomic E-state index is 6.05. The third-order valence-corrected chi connectivity index (χ3v) is 2.79. The molecular weight excluding hydrogens is 238 g/mol. The monoisotopic (exact) mass is 249 g/mol. The van der Waals surface area contributed by atoms with E-state index in [1.54, 1.807) is 19.5 Å². The summed E-state index contributed by atoms with van der Waals surface area (Å²) in [5.41, 5.74) is 2.61. The standard InChI is InChI=1S/C12H12ClN3O/c1-3-10-11(15-7-16-12(10)13)8-4-9(17-2)6-14-5-8/h4-7H,3H2,1-2H3. The van der Waals surface area contributed by atoms with Crippen molar-refractivity contribution < 1.29 is 4.74 Å². The first-order chi connectivity index (χ1) is 8.26. The largest absolute Gasteiger partial charge is 0.495 e. The summed E-state index contributed by atoms with van der Waals surface area (Å²) >= 11 is 6.05. The zero-order valence-corrected chi connectivity index (χ0v) is 10.4. The van der Waals surface area contributed by atoms with Crippen LogP contribution in [0.3, 0.4) is 0 Å². The molecule has 2 heterocycles. The molecular formula is C12H12ClN3O. The molecule has 2 aromatic rings. The minimum absolute atomic E-state index is 0.486. The molecule has 0 aliphatic carbocycles. The van der Waals surface area contributed by atoms with Crippen LogP contribution in [0.2, 0.25) is 5.15 Å². The molecule has 5 heteroatoms. The lowest BCUT2D eigenvalue weighted by Crippen LogP contribution is -1.96. The van der Waals surface area contributed by atoms with E-state index >= 15 is 0 Å². The first-order valence-electron chi connectivity index (χ1n) is 5.25. The van der Waals surface area contributed by atoms with E-state index < -0.39 is 0 Å². The Labute approximate surface area is 105 Å². The van der Waals surface area contributed by atoms with Gasteiger partial charge in [-0.1, -0.05) is 18.5 Å². The number of methoxy groups -OCH3 is 1. The highest BCUT2D eigenvalue weighted by molar-refractivity contribution is 6.30. The first-order valence-corrected chi connectivity index (χ1v) is 5.62. The molecule has 0 amide bonds.